The first-order valence-corrected chi connectivity index (χ1v) is 11.2. The van der Waals surface area contributed by atoms with Crippen molar-refractivity contribution in [3.8, 4) is 5.75 Å². The number of hydrogen-bond acceptors (Lipinski definition) is 8. The van der Waals surface area contributed by atoms with Crippen LogP contribution in [0.3, 0.4) is 0 Å². The minimum absolute atomic E-state index is 0.121. The molecule has 0 fully saturated rings. The average Bonchev–Trinajstić information content (AvgIpc) is 2.85. The van der Waals surface area contributed by atoms with E-state index in [0.717, 1.165) is 18.2 Å². The second-order valence-corrected chi connectivity index (χ2v) is 8.75. The summed E-state index contributed by atoms with van der Waals surface area (Å²) in [4.78, 5) is 48.4. The summed E-state index contributed by atoms with van der Waals surface area (Å²) in [7, 11) is 0. The largest absolute Gasteiger partial charge is 0.482 e. The minimum atomic E-state index is -1.29. The number of amides is 1. The molecule has 0 spiro atoms. The summed E-state index contributed by atoms with van der Waals surface area (Å²) in [6.07, 6.45) is 1.91. The summed E-state index contributed by atoms with van der Waals surface area (Å²) >= 11 is 1.17. The van der Waals surface area contributed by atoms with Gasteiger partial charge in [-0.25, -0.2) is 14.0 Å². The van der Waals surface area contributed by atoms with Crippen LogP contribution in [0.2, 0.25) is 0 Å². The summed E-state index contributed by atoms with van der Waals surface area (Å²) in [6, 6.07) is 9.26. The molecular formula is C25H22FNO7S. The monoisotopic (exact) mass is 499 g/mol. The van der Waals surface area contributed by atoms with Crippen molar-refractivity contribution in [2.75, 3.05) is 19.8 Å². The third-order valence-electron chi connectivity index (χ3n) is 4.84. The molecule has 0 saturated carbocycles. The molecule has 0 aliphatic heterocycles. The zero-order valence-electron chi connectivity index (χ0n) is 18.8. The highest BCUT2D eigenvalue weighted by molar-refractivity contribution is 7.24. The van der Waals surface area contributed by atoms with Crippen LogP contribution in [0.25, 0.3) is 20.2 Å². The van der Waals surface area contributed by atoms with Gasteiger partial charge >= 0.3 is 11.9 Å². The van der Waals surface area contributed by atoms with Gasteiger partial charge in [-0.3, -0.25) is 9.59 Å². The lowest BCUT2D eigenvalue weighted by atomic mass is 10.1. The van der Waals surface area contributed by atoms with E-state index in [1.807, 2.05) is 0 Å². The summed E-state index contributed by atoms with van der Waals surface area (Å²) in [6.45, 7) is 6.96. The molecule has 0 aliphatic rings. The maximum atomic E-state index is 14.5. The number of rotatable bonds is 10. The average molecular weight is 500 g/mol. The van der Waals surface area contributed by atoms with E-state index in [9.17, 15) is 23.6 Å². The van der Waals surface area contributed by atoms with Crippen LogP contribution in [0.15, 0.2) is 66.5 Å². The molecule has 0 atom stereocenters. The Bertz CT molecular complexity index is 1360. The van der Waals surface area contributed by atoms with Gasteiger partial charge in [0.1, 0.15) is 30.3 Å². The number of nitrogens with one attached hydrogen (secondary N) is 1. The Kier molecular flexibility index (Phi) is 7.98. The molecule has 182 valence electrons. The van der Waals surface area contributed by atoms with Crippen molar-refractivity contribution in [1.29, 1.82) is 0 Å². The van der Waals surface area contributed by atoms with Crippen LogP contribution in [0, 0.1) is 5.82 Å². The molecule has 8 nitrogen and oxygen atoms in total. The molecule has 0 aliphatic carbocycles. The number of benzene rings is 2. The minimum Gasteiger partial charge on any atom is -0.482 e. The van der Waals surface area contributed by atoms with Crippen LogP contribution in [0.1, 0.15) is 6.92 Å². The fourth-order valence-electron chi connectivity index (χ4n) is 3.16. The molecule has 10 heteroatoms. The molecule has 0 bridgehead atoms. The van der Waals surface area contributed by atoms with Crippen LogP contribution in [0.4, 0.5) is 4.39 Å². The van der Waals surface area contributed by atoms with Crippen LogP contribution < -0.4 is 15.5 Å². The Hall–Kier alpha value is -4.05. The van der Waals surface area contributed by atoms with E-state index in [4.69, 9.17) is 14.2 Å². The van der Waals surface area contributed by atoms with Crippen molar-refractivity contribution >= 4 is 49.4 Å². The zero-order valence-corrected chi connectivity index (χ0v) is 19.6. The smallest absolute Gasteiger partial charge is 0.330 e. The van der Waals surface area contributed by atoms with Gasteiger partial charge < -0.3 is 19.5 Å². The fourth-order valence-corrected chi connectivity index (χ4v) is 4.32. The molecule has 0 radical (unpaired) electrons. The third kappa shape index (κ3) is 6.10. The number of carbonyl (C=O) groups excluding carboxylic acids is 3. The van der Waals surface area contributed by atoms with E-state index in [2.05, 4.69) is 18.5 Å². The highest BCUT2D eigenvalue weighted by atomic mass is 32.1. The van der Waals surface area contributed by atoms with Gasteiger partial charge in [0.05, 0.1) is 10.1 Å². The van der Waals surface area contributed by atoms with Gasteiger partial charge in [0, 0.05) is 22.2 Å². The first kappa shape index (κ1) is 25.6. The van der Waals surface area contributed by atoms with Crippen LogP contribution in [-0.4, -0.2) is 43.2 Å². The number of fused-ring (bicyclic) bond motifs is 2. The van der Waals surface area contributed by atoms with E-state index in [-0.39, 0.29) is 29.0 Å². The van der Waals surface area contributed by atoms with Crippen molar-refractivity contribution in [2.45, 2.75) is 12.5 Å². The van der Waals surface area contributed by atoms with Crippen LogP contribution in [0.5, 0.6) is 5.75 Å². The van der Waals surface area contributed by atoms with Gasteiger partial charge in [-0.05, 0) is 31.2 Å². The van der Waals surface area contributed by atoms with Gasteiger partial charge in [-0.15, -0.1) is 11.3 Å². The third-order valence-corrected chi connectivity index (χ3v) is 6.03. The topological polar surface area (TPSA) is 108 Å². The number of ether oxygens (including phenoxy) is 3. The lowest BCUT2D eigenvalue weighted by Crippen LogP contribution is -2.54. The predicted octanol–water partition coefficient (Wildman–Crippen LogP) is 3.27. The summed E-state index contributed by atoms with van der Waals surface area (Å²) in [5, 5.41) is 2.87. The van der Waals surface area contributed by atoms with Gasteiger partial charge in [0.25, 0.3) is 5.91 Å². The Morgan fingerprint density at radius 3 is 2.31 bits per heavy atom. The summed E-state index contributed by atoms with van der Waals surface area (Å²) in [5.74, 6) is -2.62. The number of halogens is 1. The van der Waals surface area contributed by atoms with Crippen molar-refractivity contribution in [1.82, 2.24) is 5.32 Å². The van der Waals surface area contributed by atoms with Crippen molar-refractivity contribution < 1.29 is 33.0 Å². The quantitative estimate of drug-likeness (QED) is 0.259. The molecule has 3 aromatic rings. The number of esters is 2. The zero-order chi connectivity index (χ0) is 25.6. The first-order valence-electron chi connectivity index (χ1n) is 10.3. The Balaban J connectivity index is 1.80. The number of carbonyl (C=O) groups is 3. The van der Waals surface area contributed by atoms with Crippen molar-refractivity contribution in [3.05, 3.63) is 77.7 Å². The molecule has 0 unspecified atom stereocenters. The van der Waals surface area contributed by atoms with Crippen molar-refractivity contribution in [3.63, 3.8) is 0 Å². The molecule has 1 N–H and O–H groups in total. The van der Waals surface area contributed by atoms with Crippen LogP contribution >= 0.6 is 11.3 Å². The fraction of sp³-hybridized carbons (Fsp3) is 0.200. The molecule has 35 heavy (non-hydrogen) atoms. The van der Waals surface area contributed by atoms with E-state index in [1.54, 1.807) is 24.3 Å². The molecule has 0 saturated heterocycles. The first-order chi connectivity index (χ1) is 16.7. The second kappa shape index (κ2) is 10.9. The van der Waals surface area contributed by atoms with Gasteiger partial charge in [-0.1, -0.05) is 25.3 Å². The van der Waals surface area contributed by atoms with E-state index < -0.39 is 41.2 Å². The molecule has 1 aromatic heterocycles. The molecule has 2 aromatic carbocycles. The Morgan fingerprint density at radius 2 is 1.69 bits per heavy atom. The lowest BCUT2D eigenvalue weighted by Gasteiger charge is -2.29. The lowest BCUT2D eigenvalue weighted by molar-refractivity contribution is -0.147. The van der Waals surface area contributed by atoms with Gasteiger partial charge in [0.2, 0.25) is 0 Å². The van der Waals surface area contributed by atoms with Crippen LogP contribution in [-0.2, 0) is 23.9 Å². The highest BCUT2D eigenvalue weighted by Gasteiger charge is 2.30. The standard InChI is InChI=1S/C25H22FNO7S/c1-4-20(29)33-13-25(3,14-34-21(30)5-2)27-19(28)12-32-17-11-10-16(26)22-23(31)15-8-6-7-9-18(15)35-24(17)22/h4-11H,1-2,12-14H2,3H3,(H,27,28). The highest BCUT2D eigenvalue weighted by Crippen LogP contribution is 2.33. The molecule has 1 heterocycles. The molecule has 1 amide bonds. The van der Waals surface area contributed by atoms with Crippen molar-refractivity contribution in [2.24, 2.45) is 0 Å². The van der Waals surface area contributed by atoms with Gasteiger partial charge in [0.15, 0.2) is 12.0 Å². The maximum absolute atomic E-state index is 14.5. The Morgan fingerprint density at radius 1 is 1.06 bits per heavy atom. The van der Waals surface area contributed by atoms with Gasteiger partial charge in [-0.2, -0.15) is 0 Å². The van der Waals surface area contributed by atoms with E-state index in [1.165, 1.54) is 24.3 Å². The summed E-state index contributed by atoms with van der Waals surface area (Å²) in [5.41, 5.74) is -1.76. The normalized spacial score (nSPS) is 11.0. The maximum Gasteiger partial charge on any atom is 0.330 e. The van der Waals surface area contributed by atoms with E-state index >= 15 is 0 Å². The molecule has 3 rings (SSSR count). The SMILES string of the molecule is C=CC(=O)OCC(C)(COC(=O)C=C)NC(=O)COc1ccc(F)c2c(=O)c3ccccc3sc12. The predicted molar refractivity (Wildman–Crippen MR) is 130 cm³/mol. The summed E-state index contributed by atoms with van der Waals surface area (Å²) < 4.78 is 31.1. The Labute approximate surface area is 203 Å². The molecular weight excluding hydrogens is 477 g/mol. The number of hydrogen-bond donors (Lipinski definition) is 1. The second-order valence-electron chi connectivity index (χ2n) is 7.70. The van der Waals surface area contributed by atoms with E-state index in [0.29, 0.717) is 10.1 Å².